The Morgan fingerprint density at radius 1 is 0.878 bits per heavy atom. The first-order valence-corrected chi connectivity index (χ1v) is 14.2. The highest BCUT2D eigenvalue weighted by Crippen LogP contribution is 2.22. The van der Waals surface area contributed by atoms with Crippen LogP contribution in [0.5, 0.6) is 0 Å². The zero-order chi connectivity index (χ0) is 28.8. The minimum absolute atomic E-state index is 0.0274. The summed E-state index contributed by atoms with van der Waals surface area (Å²) in [5.74, 6) is 2.03. The van der Waals surface area contributed by atoms with E-state index in [1.807, 2.05) is 36.1 Å². The van der Waals surface area contributed by atoms with Crippen molar-refractivity contribution in [3.8, 4) is 11.4 Å². The lowest BCUT2D eigenvalue weighted by atomic mass is 10.0. The Morgan fingerprint density at radius 2 is 1.49 bits per heavy atom. The molecule has 2 aliphatic heterocycles. The van der Waals surface area contributed by atoms with E-state index in [0.29, 0.717) is 54.4 Å². The van der Waals surface area contributed by atoms with Crippen LogP contribution in [0.4, 0.5) is 22.1 Å². The van der Waals surface area contributed by atoms with Crippen LogP contribution in [-0.4, -0.2) is 96.2 Å². The highest BCUT2D eigenvalue weighted by molar-refractivity contribution is 6.00. The van der Waals surface area contributed by atoms with Gasteiger partial charge in [-0.2, -0.15) is 9.97 Å². The predicted molar refractivity (Wildman–Crippen MR) is 159 cm³/mol. The molecule has 2 aromatic carbocycles. The van der Waals surface area contributed by atoms with Gasteiger partial charge in [0.2, 0.25) is 5.95 Å². The summed E-state index contributed by atoms with van der Waals surface area (Å²) in [5, 5.41) is 5.68. The molecule has 41 heavy (non-hydrogen) atoms. The van der Waals surface area contributed by atoms with Crippen molar-refractivity contribution in [3.63, 3.8) is 0 Å². The van der Waals surface area contributed by atoms with Gasteiger partial charge in [0.1, 0.15) is 5.82 Å². The molecule has 0 spiro atoms. The van der Waals surface area contributed by atoms with Gasteiger partial charge in [-0.1, -0.05) is 6.92 Å². The highest BCUT2D eigenvalue weighted by Gasteiger charge is 2.24. The monoisotopic (exact) mass is 558 g/mol. The molecule has 2 saturated heterocycles. The second kappa shape index (κ2) is 13.0. The molecule has 0 radical (unpaired) electrons. The van der Waals surface area contributed by atoms with E-state index < -0.39 is 0 Å². The number of likely N-dealkylation sites (tertiary alicyclic amines) is 1. The molecule has 1 aromatic heterocycles. The molecule has 0 bridgehead atoms. The summed E-state index contributed by atoms with van der Waals surface area (Å²) in [6.07, 6.45) is 2.66. The standard InChI is InChI=1S/C30H38N8O3/c1-4-26-33-27(35-29(34-26)38-17-19-41-20-18-38)21-5-9-23(10-6-21)31-30(40)32-24-11-7-22(8-12-24)28(39)37-15-13-25(14-16-37)36(2)3/h5-12,25H,4,13-20H2,1-3H3,(H2,31,32,40). The average Bonchev–Trinajstić information content (AvgIpc) is 3.01. The van der Waals surface area contributed by atoms with Crippen molar-refractivity contribution in [2.24, 2.45) is 0 Å². The van der Waals surface area contributed by atoms with E-state index in [1.165, 1.54) is 0 Å². The molecule has 0 unspecified atom stereocenters. The van der Waals surface area contributed by atoms with Crippen molar-refractivity contribution in [1.29, 1.82) is 0 Å². The molecular weight excluding hydrogens is 520 g/mol. The van der Waals surface area contributed by atoms with Gasteiger partial charge in [0.05, 0.1) is 13.2 Å². The number of hydrogen-bond acceptors (Lipinski definition) is 8. The summed E-state index contributed by atoms with van der Waals surface area (Å²) in [4.78, 5) is 45.7. The maximum Gasteiger partial charge on any atom is 0.323 e. The molecule has 0 atom stereocenters. The number of carbonyl (C=O) groups is 2. The van der Waals surface area contributed by atoms with E-state index in [0.717, 1.165) is 50.4 Å². The lowest BCUT2D eigenvalue weighted by molar-refractivity contribution is 0.0663. The number of rotatable bonds is 7. The average molecular weight is 559 g/mol. The van der Waals surface area contributed by atoms with E-state index in [-0.39, 0.29) is 11.9 Å². The number of hydrogen-bond donors (Lipinski definition) is 2. The first-order chi connectivity index (χ1) is 19.9. The molecule has 3 heterocycles. The summed E-state index contributed by atoms with van der Waals surface area (Å²) in [5.41, 5.74) is 2.71. The summed E-state index contributed by atoms with van der Waals surface area (Å²) >= 11 is 0. The van der Waals surface area contributed by atoms with Gasteiger partial charge in [-0.25, -0.2) is 9.78 Å². The summed E-state index contributed by atoms with van der Waals surface area (Å²) < 4.78 is 5.45. The molecule has 2 aliphatic rings. The molecular formula is C30H38N8O3. The normalized spacial score (nSPS) is 16.1. The number of aryl methyl sites for hydroxylation is 1. The number of amides is 3. The zero-order valence-electron chi connectivity index (χ0n) is 24.0. The van der Waals surface area contributed by atoms with E-state index in [9.17, 15) is 9.59 Å². The van der Waals surface area contributed by atoms with Crippen LogP contribution in [-0.2, 0) is 11.2 Å². The maximum absolute atomic E-state index is 12.9. The molecule has 0 saturated carbocycles. The van der Waals surface area contributed by atoms with Crippen molar-refractivity contribution in [2.45, 2.75) is 32.2 Å². The van der Waals surface area contributed by atoms with Crippen LogP contribution in [0.2, 0.25) is 0 Å². The third-order valence-corrected chi connectivity index (χ3v) is 7.55. The molecule has 3 aromatic rings. The second-order valence-corrected chi connectivity index (χ2v) is 10.5. The van der Waals surface area contributed by atoms with Crippen LogP contribution < -0.4 is 15.5 Å². The third kappa shape index (κ3) is 7.17. The number of carbonyl (C=O) groups excluding carboxylic acids is 2. The Hall–Kier alpha value is -4.09. The number of benzene rings is 2. The van der Waals surface area contributed by atoms with Crippen LogP contribution in [0.15, 0.2) is 48.5 Å². The molecule has 216 valence electrons. The van der Waals surface area contributed by atoms with E-state index in [4.69, 9.17) is 9.72 Å². The van der Waals surface area contributed by atoms with Crippen LogP contribution in [0.1, 0.15) is 35.9 Å². The lowest BCUT2D eigenvalue weighted by Gasteiger charge is -2.35. The third-order valence-electron chi connectivity index (χ3n) is 7.55. The van der Waals surface area contributed by atoms with E-state index >= 15 is 0 Å². The second-order valence-electron chi connectivity index (χ2n) is 10.5. The van der Waals surface area contributed by atoms with Crippen molar-refractivity contribution >= 4 is 29.3 Å². The first kappa shape index (κ1) is 28.4. The molecule has 11 heteroatoms. The van der Waals surface area contributed by atoms with Crippen LogP contribution in [0, 0.1) is 0 Å². The van der Waals surface area contributed by atoms with Crippen molar-refractivity contribution in [3.05, 3.63) is 59.9 Å². The minimum atomic E-state index is -0.370. The van der Waals surface area contributed by atoms with Gasteiger partial charge in [-0.3, -0.25) is 4.79 Å². The van der Waals surface area contributed by atoms with Crippen LogP contribution in [0.25, 0.3) is 11.4 Å². The molecule has 11 nitrogen and oxygen atoms in total. The Morgan fingerprint density at radius 3 is 2.07 bits per heavy atom. The quantitative estimate of drug-likeness (QED) is 0.451. The largest absolute Gasteiger partial charge is 0.378 e. The number of nitrogens with one attached hydrogen (secondary N) is 2. The van der Waals surface area contributed by atoms with Gasteiger partial charge in [0.25, 0.3) is 5.91 Å². The number of anilines is 3. The number of morpholine rings is 1. The van der Waals surface area contributed by atoms with Crippen molar-refractivity contribution < 1.29 is 14.3 Å². The fraction of sp³-hybridized carbons (Fsp3) is 0.433. The zero-order valence-corrected chi connectivity index (χ0v) is 24.0. The first-order valence-electron chi connectivity index (χ1n) is 14.2. The van der Waals surface area contributed by atoms with Crippen LogP contribution >= 0.6 is 0 Å². The molecule has 2 N–H and O–H groups in total. The van der Waals surface area contributed by atoms with Crippen molar-refractivity contribution in [2.75, 3.05) is 69.0 Å². The Labute approximate surface area is 240 Å². The number of nitrogens with zero attached hydrogens (tertiary/aromatic N) is 6. The van der Waals surface area contributed by atoms with Gasteiger partial charge < -0.3 is 30.1 Å². The highest BCUT2D eigenvalue weighted by atomic mass is 16.5. The van der Waals surface area contributed by atoms with Gasteiger partial charge in [-0.15, -0.1) is 0 Å². The Kier molecular flexibility index (Phi) is 9.05. The van der Waals surface area contributed by atoms with Gasteiger partial charge in [0, 0.05) is 61.1 Å². The van der Waals surface area contributed by atoms with Gasteiger partial charge in [-0.05, 0) is 75.5 Å². The van der Waals surface area contributed by atoms with Gasteiger partial charge >= 0.3 is 6.03 Å². The van der Waals surface area contributed by atoms with Gasteiger partial charge in [0.15, 0.2) is 5.82 Å². The molecule has 3 amide bonds. The van der Waals surface area contributed by atoms with Crippen molar-refractivity contribution in [1.82, 2.24) is 24.8 Å². The maximum atomic E-state index is 12.9. The number of aromatic nitrogens is 3. The molecule has 5 rings (SSSR count). The number of piperidine rings is 1. The van der Waals surface area contributed by atoms with E-state index in [1.54, 1.807) is 24.3 Å². The SMILES string of the molecule is CCc1nc(-c2ccc(NC(=O)Nc3ccc(C(=O)N4CCC(N(C)C)CC4)cc3)cc2)nc(N2CCOCC2)n1. The summed E-state index contributed by atoms with van der Waals surface area (Å²) in [6, 6.07) is 14.6. The number of ether oxygens (including phenoxy) is 1. The molecule has 2 fully saturated rings. The van der Waals surface area contributed by atoms with Crippen LogP contribution in [0.3, 0.4) is 0 Å². The number of urea groups is 1. The smallest absolute Gasteiger partial charge is 0.323 e. The Bertz CT molecular complexity index is 1330. The lowest BCUT2D eigenvalue weighted by Crippen LogP contribution is -2.44. The Balaban J connectivity index is 1.17. The summed E-state index contributed by atoms with van der Waals surface area (Å²) in [6.45, 7) is 6.34. The van der Waals surface area contributed by atoms with E-state index in [2.05, 4.69) is 44.5 Å². The minimum Gasteiger partial charge on any atom is -0.378 e. The predicted octanol–water partition coefficient (Wildman–Crippen LogP) is 3.75. The fourth-order valence-corrected chi connectivity index (χ4v) is 5.06. The fourth-order valence-electron chi connectivity index (χ4n) is 5.06. The topological polar surface area (TPSA) is 116 Å². The molecule has 0 aliphatic carbocycles. The summed E-state index contributed by atoms with van der Waals surface area (Å²) in [7, 11) is 4.17.